The normalized spacial score (nSPS) is 31.2. The molecule has 1 saturated heterocycles. The number of nitrogens with zero attached hydrogens (tertiary/aromatic N) is 1. The van der Waals surface area contributed by atoms with Gasteiger partial charge in [0.05, 0.1) is 6.54 Å². The van der Waals surface area contributed by atoms with Gasteiger partial charge in [-0.15, -0.1) is 0 Å². The summed E-state index contributed by atoms with van der Waals surface area (Å²) in [5, 5.41) is 0. The zero-order chi connectivity index (χ0) is 14.8. The summed E-state index contributed by atoms with van der Waals surface area (Å²) in [4.78, 5) is 1.52. The van der Waals surface area contributed by atoms with E-state index >= 15 is 0 Å². The topological polar surface area (TPSA) is 3.24 Å². The number of hydrogen-bond donors (Lipinski definition) is 0. The molecule has 0 spiro atoms. The van der Waals surface area contributed by atoms with E-state index in [2.05, 4.69) is 6.58 Å². The van der Waals surface area contributed by atoms with Crippen molar-refractivity contribution in [3.8, 4) is 0 Å². The second-order valence-electron chi connectivity index (χ2n) is 5.58. The lowest BCUT2D eigenvalue weighted by Gasteiger charge is -2.22. The Balaban J connectivity index is 2.08. The fourth-order valence-electron chi connectivity index (χ4n) is 3.19. The van der Waals surface area contributed by atoms with E-state index in [1.165, 1.54) is 4.90 Å². The molecule has 4 heteroatoms. The van der Waals surface area contributed by atoms with Crippen molar-refractivity contribution in [2.24, 2.45) is 11.3 Å². The minimum atomic E-state index is -4.11. The average molecular weight is 283 g/mol. The molecular formula is C16H20F3N. The van der Waals surface area contributed by atoms with Crippen molar-refractivity contribution in [1.29, 1.82) is 0 Å². The molecule has 1 nitrogen and oxygen atoms in total. The number of piperidine rings is 1. The van der Waals surface area contributed by atoms with Gasteiger partial charge >= 0.3 is 6.18 Å². The Bertz CT molecular complexity index is 459. The van der Waals surface area contributed by atoms with E-state index in [4.69, 9.17) is 0 Å². The number of fused-ring (bicyclic) bond motifs is 1. The zero-order valence-electron chi connectivity index (χ0n) is 11.7. The van der Waals surface area contributed by atoms with Gasteiger partial charge in [0.25, 0.3) is 0 Å². The van der Waals surface area contributed by atoms with Gasteiger partial charge in [0.1, 0.15) is 0 Å². The monoisotopic (exact) mass is 283 g/mol. The molecule has 2 rings (SSSR count). The number of hydrogen-bond acceptors (Lipinski definition) is 1. The number of likely N-dealkylation sites (tertiary alicyclic amines) is 1. The molecule has 0 aromatic rings. The third kappa shape index (κ3) is 3.23. The first-order chi connectivity index (χ1) is 9.41. The third-order valence-corrected chi connectivity index (χ3v) is 4.07. The Morgan fingerprint density at radius 1 is 1.40 bits per heavy atom. The standard InChI is InChI=1S/C16H20F3N/c1-3-5-6-8-13(7-4-2)15-9-14(15)10-20(11-15)12-16(17,18)19/h3-8,14H,2,9-12H2,1H3/b5-3-,8-6-,13-7+. The maximum absolute atomic E-state index is 12.5. The highest BCUT2D eigenvalue weighted by Gasteiger charge is 2.61. The lowest BCUT2D eigenvalue weighted by atomic mass is 9.93. The van der Waals surface area contributed by atoms with Gasteiger partial charge < -0.3 is 0 Å². The predicted molar refractivity (Wildman–Crippen MR) is 75.3 cm³/mol. The Morgan fingerprint density at radius 3 is 2.75 bits per heavy atom. The van der Waals surface area contributed by atoms with Gasteiger partial charge in [0, 0.05) is 18.5 Å². The van der Waals surface area contributed by atoms with Gasteiger partial charge in [0.15, 0.2) is 0 Å². The van der Waals surface area contributed by atoms with E-state index in [9.17, 15) is 13.2 Å². The molecule has 110 valence electrons. The summed E-state index contributed by atoms with van der Waals surface area (Å²) in [5.74, 6) is 0.353. The first-order valence-electron chi connectivity index (χ1n) is 6.83. The Morgan fingerprint density at radius 2 is 2.15 bits per heavy atom. The highest BCUT2D eigenvalue weighted by molar-refractivity contribution is 5.40. The highest BCUT2D eigenvalue weighted by Crippen LogP contribution is 2.62. The number of rotatable bonds is 5. The minimum absolute atomic E-state index is 0.0858. The van der Waals surface area contributed by atoms with Crippen LogP contribution in [-0.2, 0) is 0 Å². The molecule has 1 aliphatic heterocycles. The highest BCUT2D eigenvalue weighted by atomic mass is 19.4. The zero-order valence-corrected chi connectivity index (χ0v) is 11.7. The largest absolute Gasteiger partial charge is 0.401 e. The van der Waals surface area contributed by atoms with E-state index in [0.29, 0.717) is 19.0 Å². The van der Waals surface area contributed by atoms with E-state index in [1.54, 1.807) is 6.08 Å². The third-order valence-electron chi connectivity index (χ3n) is 4.07. The van der Waals surface area contributed by atoms with Gasteiger partial charge in [-0.05, 0) is 24.8 Å². The van der Waals surface area contributed by atoms with Crippen LogP contribution in [0.2, 0.25) is 0 Å². The van der Waals surface area contributed by atoms with Crippen molar-refractivity contribution in [3.63, 3.8) is 0 Å². The summed E-state index contributed by atoms with van der Waals surface area (Å²) in [6, 6.07) is 0. The van der Waals surface area contributed by atoms with Crippen LogP contribution in [0.4, 0.5) is 13.2 Å². The van der Waals surface area contributed by atoms with Crippen LogP contribution in [0.25, 0.3) is 0 Å². The van der Waals surface area contributed by atoms with Gasteiger partial charge in [-0.3, -0.25) is 4.90 Å². The molecule has 2 fully saturated rings. The first kappa shape index (κ1) is 15.1. The molecule has 0 amide bonds. The predicted octanol–water partition coefficient (Wildman–Crippen LogP) is 4.12. The average Bonchev–Trinajstić information content (AvgIpc) is 2.90. The number of halogens is 3. The van der Waals surface area contributed by atoms with Crippen LogP contribution in [-0.4, -0.2) is 30.7 Å². The van der Waals surface area contributed by atoms with E-state index in [0.717, 1.165) is 12.0 Å². The van der Waals surface area contributed by atoms with E-state index in [1.807, 2.05) is 37.3 Å². The molecule has 1 aliphatic carbocycles. The van der Waals surface area contributed by atoms with Crippen LogP contribution in [0.1, 0.15) is 13.3 Å². The van der Waals surface area contributed by atoms with Crippen LogP contribution >= 0.6 is 0 Å². The van der Waals surface area contributed by atoms with Crippen LogP contribution in [0, 0.1) is 11.3 Å². The molecular weight excluding hydrogens is 263 g/mol. The lowest BCUT2D eigenvalue weighted by molar-refractivity contribution is -0.144. The molecule has 0 aromatic heterocycles. The minimum Gasteiger partial charge on any atom is -0.294 e. The molecule has 1 heterocycles. The summed E-state index contributed by atoms with van der Waals surface area (Å²) in [5.41, 5.74) is 1.01. The molecule has 20 heavy (non-hydrogen) atoms. The Hall–Kier alpha value is -1.29. The lowest BCUT2D eigenvalue weighted by Crippen LogP contribution is -2.35. The maximum Gasteiger partial charge on any atom is 0.401 e. The maximum atomic E-state index is 12.5. The van der Waals surface area contributed by atoms with Gasteiger partial charge in [0.2, 0.25) is 0 Å². The summed E-state index contributed by atoms with van der Waals surface area (Å²) < 4.78 is 37.4. The molecule has 1 saturated carbocycles. The van der Waals surface area contributed by atoms with Crippen LogP contribution in [0.3, 0.4) is 0 Å². The summed E-state index contributed by atoms with van der Waals surface area (Å²) >= 11 is 0. The molecule has 0 N–H and O–H groups in total. The first-order valence-corrected chi connectivity index (χ1v) is 6.83. The van der Waals surface area contributed by atoms with Crippen molar-refractivity contribution in [3.05, 3.63) is 48.6 Å². The molecule has 2 atom stereocenters. The second-order valence-corrected chi connectivity index (χ2v) is 5.58. The second kappa shape index (κ2) is 5.60. The van der Waals surface area contributed by atoms with Crippen molar-refractivity contribution in [2.75, 3.05) is 19.6 Å². The van der Waals surface area contributed by atoms with Crippen LogP contribution in [0.5, 0.6) is 0 Å². The van der Waals surface area contributed by atoms with Crippen LogP contribution in [0.15, 0.2) is 48.6 Å². The molecule has 2 unspecified atom stereocenters. The summed E-state index contributed by atoms with van der Waals surface area (Å²) in [6.45, 7) is 5.88. The van der Waals surface area contributed by atoms with Crippen molar-refractivity contribution in [1.82, 2.24) is 4.90 Å². The van der Waals surface area contributed by atoms with E-state index < -0.39 is 12.7 Å². The quantitative estimate of drug-likeness (QED) is 0.686. The van der Waals surface area contributed by atoms with Gasteiger partial charge in [-0.1, -0.05) is 43.0 Å². The molecule has 0 aromatic carbocycles. The van der Waals surface area contributed by atoms with Crippen molar-refractivity contribution < 1.29 is 13.2 Å². The van der Waals surface area contributed by atoms with Gasteiger partial charge in [-0.2, -0.15) is 13.2 Å². The van der Waals surface area contributed by atoms with Crippen molar-refractivity contribution in [2.45, 2.75) is 19.5 Å². The summed E-state index contributed by atoms with van der Waals surface area (Å²) in [7, 11) is 0. The number of allylic oxidation sites excluding steroid dienone is 6. The smallest absolute Gasteiger partial charge is 0.294 e. The molecule has 2 aliphatic rings. The van der Waals surface area contributed by atoms with Gasteiger partial charge in [-0.25, -0.2) is 0 Å². The number of alkyl halides is 3. The Labute approximate surface area is 118 Å². The summed E-state index contributed by atoms with van der Waals surface area (Å²) in [6.07, 6.45) is 8.30. The van der Waals surface area contributed by atoms with Crippen molar-refractivity contribution >= 4 is 0 Å². The Kier molecular flexibility index (Phi) is 4.23. The molecule has 0 radical (unpaired) electrons. The fourth-order valence-corrected chi connectivity index (χ4v) is 3.19. The molecule has 0 bridgehead atoms. The fraction of sp³-hybridized carbons (Fsp3) is 0.500. The SMILES string of the molecule is C=C\C=C(/C=C\C=C/C)C12CC1CN(CC(F)(F)F)C2. The van der Waals surface area contributed by atoms with Crippen LogP contribution < -0.4 is 0 Å². The van der Waals surface area contributed by atoms with E-state index in [-0.39, 0.29) is 5.41 Å².